The van der Waals surface area contributed by atoms with Gasteiger partial charge in [0.2, 0.25) is 10.0 Å². The third kappa shape index (κ3) is 4.38. The molecule has 2 rings (SSSR count). The van der Waals surface area contributed by atoms with E-state index in [1.54, 1.807) is 0 Å². The first kappa shape index (κ1) is 19.0. The van der Waals surface area contributed by atoms with E-state index in [1.807, 2.05) is 6.92 Å². The molecule has 1 unspecified atom stereocenters. The zero-order chi connectivity index (χ0) is 17.7. The first-order valence-electron chi connectivity index (χ1n) is 7.79. The molecule has 0 saturated carbocycles. The van der Waals surface area contributed by atoms with Crippen molar-refractivity contribution in [3.05, 3.63) is 23.2 Å². The average Bonchev–Trinajstić information content (AvgIpc) is 3.04. The van der Waals surface area contributed by atoms with Crippen molar-refractivity contribution < 1.29 is 17.9 Å². The number of ether oxygens (including phenoxy) is 1. The number of benzene rings is 1. The van der Waals surface area contributed by atoms with Gasteiger partial charge in [0, 0.05) is 24.2 Å². The molecular weight excluding hydrogens is 354 g/mol. The van der Waals surface area contributed by atoms with Crippen LogP contribution < -0.4 is 15.8 Å². The quantitative estimate of drug-likeness (QED) is 0.704. The highest BCUT2D eigenvalue weighted by Crippen LogP contribution is 2.31. The van der Waals surface area contributed by atoms with Gasteiger partial charge in [0.25, 0.3) is 5.91 Å². The molecule has 0 aromatic heterocycles. The van der Waals surface area contributed by atoms with Crippen molar-refractivity contribution in [3.63, 3.8) is 0 Å². The van der Waals surface area contributed by atoms with Crippen LogP contribution in [0.15, 0.2) is 23.1 Å². The molecule has 134 valence electrons. The Morgan fingerprint density at radius 3 is 2.83 bits per heavy atom. The summed E-state index contributed by atoms with van der Waals surface area (Å²) < 4.78 is 33.1. The molecule has 0 spiro atoms. The van der Waals surface area contributed by atoms with Gasteiger partial charge in [0.15, 0.2) is 6.61 Å². The lowest BCUT2D eigenvalue weighted by Crippen LogP contribution is -2.42. The first-order valence-corrected chi connectivity index (χ1v) is 9.61. The Labute approximate surface area is 147 Å². The number of amides is 1. The zero-order valence-corrected chi connectivity index (χ0v) is 15.1. The van der Waals surface area contributed by atoms with Crippen molar-refractivity contribution in [1.29, 1.82) is 0 Å². The molecule has 24 heavy (non-hydrogen) atoms. The predicted octanol–water partition coefficient (Wildman–Crippen LogP) is 0.967. The van der Waals surface area contributed by atoms with E-state index in [4.69, 9.17) is 22.1 Å². The van der Waals surface area contributed by atoms with Gasteiger partial charge in [-0.1, -0.05) is 18.5 Å². The van der Waals surface area contributed by atoms with E-state index in [0.717, 1.165) is 13.0 Å². The topological polar surface area (TPSA) is 102 Å². The SMILES string of the molecule is CCCN(C1CCNC1)S(=O)(=O)c1cc(Cl)ccc1OCC(N)=O. The Kier molecular flexibility index (Phi) is 6.45. The number of nitrogens with two attached hydrogens (primary N) is 1. The largest absolute Gasteiger partial charge is 0.482 e. The molecule has 1 atom stereocenters. The van der Waals surface area contributed by atoms with E-state index in [2.05, 4.69) is 5.32 Å². The Morgan fingerprint density at radius 1 is 1.50 bits per heavy atom. The number of carbonyl (C=O) groups is 1. The number of nitrogens with zero attached hydrogens (tertiary/aromatic N) is 1. The number of halogens is 1. The summed E-state index contributed by atoms with van der Waals surface area (Å²) in [6, 6.07) is 4.18. The molecule has 9 heteroatoms. The lowest BCUT2D eigenvalue weighted by Gasteiger charge is -2.28. The molecule has 1 amide bonds. The van der Waals surface area contributed by atoms with Crippen LogP contribution in [0.4, 0.5) is 0 Å². The van der Waals surface area contributed by atoms with Gasteiger partial charge in [0.1, 0.15) is 10.6 Å². The number of sulfonamides is 1. The summed E-state index contributed by atoms with van der Waals surface area (Å²) >= 11 is 5.98. The maximum Gasteiger partial charge on any atom is 0.255 e. The highest BCUT2D eigenvalue weighted by atomic mass is 35.5. The predicted molar refractivity (Wildman–Crippen MR) is 91.6 cm³/mol. The lowest BCUT2D eigenvalue weighted by atomic mass is 10.2. The molecular formula is C15H22ClN3O4S. The summed E-state index contributed by atoms with van der Waals surface area (Å²) in [5.74, 6) is -0.607. The van der Waals surface area contributed by atoms with Crippen LogP contribution in [-0.2, 0) is 14.8 Å². The summed E-state index contributed by atoms with van der Waals surface area (Å²) in [7, 11) is -3.82. The molecule has 0 bridgehead atoms. The smallest absolute Gasteiger partial charge is 0.255 e. The average molecular weight is 376 g/mol. The van der Waals surface area contributed by atoms with Gasteiger partial charge in [0.05, 0.1) is 0 Å². The third-order valence-electron chi connectivity index (χ3n) is 3.75. The Morgan fingerprint density at radius 2 is 2.25 bits per heavy atom. The van der Waals surface area contributed by atoms with Crippen LogP contribution in [-0.4, -0.2) is 50.9 Å². The van der Waals surface area contributed by atoms with E-state index in [9.17, 15) is 13.2 Å². The maximum atomic E-state index is 13.2. The monoisotopic (exact) mass is 375 g/mol. The van der Waals surface area contributed by atoms with Crippen LogP contribution in [0.1, 0.15) is 19.8 Å². The van der Waals surface area contributed by atoms with Crippen molar-refractivity contribution in [3.8, 4) is 5.75 Å². The van der Waals surface area contributed by atoms with E-state index in [0.29, 0.717) is 19.5 Å². The normalized spacial score (nSPS) is 18.0. The lowest BCUT2D eigenvalue weighted by molar-refractivity contribution is -0.120. The van der Waals surface area contributed by atoms with Gasteiger partial charge >= 0.3 is 0 Å². The van der Waals surface area contributed by atoms with Gasteiger partial charge in [-0.15, -0.1) is 0 Å². The molecule has 0 aliphatic carbocycles. The van der Waals surface area contributed by atoms with E-state index >= 15 is 0 Å². The fourth-order valence-corrected chi connectivity index (χ4v) is 4.82. The van der Waals surface area contributed by atoms with Crippen molar-refractivity contribution in [2.45, 2.75) is 30.7 Å². The van der Waals surface area contributed by atoms with Crippen LogP contribution in [0.5, 0.6) is 5.75 Å². The summed E-state index contributed by atoms with van der Waals surface area (Å²) in [4.78, 5) is 10.9. The van der Waals surface area contributed by atoms with Crippen LogP contribution in [0.2, 0.25) is 5.02 Å². The second kappa shape index (κ2) is 8.15. The molecule has 1 aliphatic heterocycles. The molecule has 1 aromatic carbocycles. The van der Waals surface area contributed by atoms with E-state index in [-0.39, 0.29) is 21.7 Å². The molecule has 1 aliphatic rings. The van der Waals surface area contributed by atoms with Crippen LogP contribution in [0.25, 0.3) is 0 Å². The van der Waals surface area contributed by atoms with E-state index < -0.39 is 22.5 Å². The van der Waals surface area contributed by atoms with Gasteiger partial charge in [-0.3, -0.25) is 4.79 Å². The second-order valence-corrected chi connectivity index (χ2v) is 7.90. The van der Waals surface area contributed by atoms with Gasteiger partial charge in [-0.25, -0.2) is 8.42 Å². The summed E-state index contributed by atoms with van der Waals surface area (Å²) in [5, 5.41) is 3.45. The third-order valence-corrected chi connectivity index (χ3v) is 5.96. The highest BCUT2D eigenvalue weighted by molar-refractivity contribution is 7.89. The number of hydrogen-bond acceptors (Lipinski definition) is 5. The Bertz CT molecular complexity index is 690. The fraction of sp³-hybridized carbons (Fsp3) is 0.533. The van der Waals surface area contributed by atoms with Crippen molar-refractivity contribution in [1.82, 2.24) is 9.62 Å². The minimum absolute atomic E-state index is 0.0448. The number of primary amides is 1. The van der Waals surface area contributed by atoms with E-state index in [1.165, 1.54) is 22.5 Å². The zero-order valence-electron chi connectivity index (χ0n) is 13.5. The van der Waals surface area contributed by atoms with Crippen LogP contribution >= 0.6 is 11.6 Å². The van der Waals surface area contributed by atoms with Crippen LogP contribution in [0.3, 0.4) is 0 Å². The Balaban J connectivity index is 2.41. The fourth-order valence-electron chi connectivity index (χ4n) is 2.68. The van der Waals surface area contributed by atoms with Crippen molar-refractivity contribution in [2.24, 2.45) is 5.73 Å². The molecule has 1 saturated heterocycles. The van der Waals surface area contributed by atoms with Crippen LogP contribution in [0, 0.1) is 0 Å². The highest BCUT2D eigenvalue weighted by Gasteiger charge is 2.34. The molecule has 7 nitrogen and oxygen atoms in total. The summed E-state index contributed by atoms with van der Waals surface area (Å²) in [6.45, 7) is 3.31. The van der Waals surface area contributed by atoms with Gasteiger partial charge < -0.3 is 15.8 Å². The minimum Gasteiger partial charge on any atom is -0.482 e. The van der Waals surface area contributed by atoms with Gasteiger partial charge in [-0.05, 0) is 37.6 Å². The van der Waals surface area contributed by atoms with Crippen molar-refractivity contribution in [2.75, 3.05) is 26.2 Å². The van der Waals surface area contributed by atoms with Crippen molar-refractivity contribution >= 4 is 27.5 Å². The number of carbonyl (C=O) groups excluding carboxylic acids is 1. The first-order chi connectivity index (χ1) is 11.4. The number of hydrogen-bond donors (Lipinski definition) is 2. The molecule has 1 heterocycles. The summed E-state index contributed by atoms with van der Waals surface area (Å²) in [5.41, 5.74) is 5.08. The van der Waals surface area contributed by atoms with Gasteiger partial charge in [-0.2, -0.15) is 4.31 Å². The maximum absolute atomic E-state index is 13.2. The Hall–Kier alpha value is -1.35. The molecule has 3 N–H and O–H groups in total. The second-order valence-electron chi connectivity index (χ2n) is 5.61. The minimum atomic E-state index is -3.82. The molecule has 0 radical (unpaired) electrons. The molecule has 1 aromatic rings. The number of rotatable bonds is 8. The summed E-state index contributed by atoms with van der Waals surface area (Å²) in [6.07, 6.45) is 1.44. The standard InChI is InChI=1S/C15H22ClN3O4S/c1-2-7-19(12-5-6-18-9-12)24(21,22)14-8-11(16)3-4-13(14)23-10-15(17)20/h3-4,8,12,18H,2,5-7,9-10H2,1H3,(H2,17,20). The molecule has 1 fully saturated rings. The number of nitrogens with one attached hydrogen (secondary N) is 1.